The molecule has 1 aliphatic rings. The van der Waals surface area contributed by atoms with Gasteiger partial charge in [-0.3, -0.25) is 4.99 Å². The maximum absolute atomic E-state index is 14.3. The van der Waals surface area contributed by atoms with Gasteiger partial charge in [-0.05, 0) is 47.1 Å². The minimum atomic E-state index is -0.344. The van der Waals surface area contributed by atoms with Gasteiger partial charge in [0.15, 0.2) is 0 Å². The van der Waals surface area contributed by atoms with E-state index in [1.807, 2.05) is 19.1 Å². The summed E-state index contributed by atoms with van der Waals surface area (Å²) in [4.78, 5) is 5.17. The van der Waals surface area contributed by atoms with E-state index in [1.54, 1.807) is 18.2 Å². The van der Waals surface area contributed by atoms with Gasteiger partial charge >= 0.3 is 0 Å². The summed E-state index contributed by atoms with van der Waals surface area (Å²) in [6.45, 7) is 1.87. The first-order chi connectivity index (χ1) is 10.5. The van der Waals surface area contributed by atoms with E-state index in [-0.39, 0.29) is 11.9 Å². The summed E-state index contributed by atoms with van der Waals surface area (Å²) >= 11 is 15.2. The van der Waals surface area contributed by atoms with E-state index in [0.717, 1.165) is 10.2 Å². The van der Waals surface area contributed by atoms with Gasteiger partial charge in [-0.2, -0.15) is 0 Å². The van der Waals surface area contributed by atoms with E-state index >= 15 is 0 Å². The van der Waals surface area contributed by atoms with Gasteiger partial charge in [0.25, 0.3) is 0 Å². The molecule has 0 amide bonds. The number of nitrogens with one attached hydrogen (secondary N) is 1. The van der Waals surface area contributed by atoms with E-state index in [2.05, 4.69) is 26.2 Å². The van der Waals surface area contributed by atoms with Gasteiger partial charge in [-0.15, -0.1) is 0 Å². The molecule has 2 aromatic rings. The summed E-state index contributed by atoms with van der Waals surface area (Å²) in [6.07, 6.45) is 0. The molecular formula is C16H11BrClFN2S. The van der Waals surface area contributed by atoms with Crippen molar-refractivity contribution in [3.8, 4) is 0 Å². The second kappa shape index (κ2) is 6.07. The van der Waals surface area contributed by atoms with Crippen LogP contribution in [-0.4, -0.2) is 16.7 Å². The Kier molecular flexibility index (Phi) is 4.30. The van der Waals surface area contributed by atoms with E-state index in [0.29, 0.717) is 26.8 Å². The lowest BCUT2D eigenvalue weighted by Gasteiger charge is -2.14. The van der Waals surface area contributed by atoms with Gasteiger partial charge < -0.3 is 5.32 Å². The van der Waals surface area contributed by atoms with Crippen LogP contribution in [0, 0.1) is 5.82 Å². The molecule has 3 rings (SSSR count). The summed E-state index contributed by atoms with van der Waals surface area (Å²) in [5, 5.41) is 3.62. The van der Waals surface area contributed by atoms with E-state index < -0.39 is 0 Å². The van der Waals surface area contributed by atoms with E-state index in [9.17, 15) is 4.39 Å². The number of hydrogen-bond donors (Lipinski definition) is 1. The number of hydrogen-bond acceptors (Lipinski definition) is 2. The molecule has 0 bridgehead atoms. The molecule has 6 heteroatoms. The second-order valence-corrected chi connectivity index (χ2v) is 6.58. The van der Waals surface area contributed by atoms with Gasteiger partial charge in [0.1, 0.15) is 10.8 Å². The van der Waals surface area contributed by atoms with Gasteiger partial charge in [0, 0.05) is 21.3 Å². The maximum Gasteiger partial charge on any atom is 0.132 e. The van der Waals surface area contributed by atoms with Crippen molar-refractivity contribution in [3.63, 3.8) is 0 Å². The maximum atomic E-state index is 14.3. The second-order valence-electron chi connectivity index (χ2n) is 4.91. The van der Waals surface area contributed by atoms with Crippen LogP contribution >= 0.6 is 39.7 Å². The molecular weight excluding hydrogens is 387 g/mol. The molecule has 0 radical (unpaired) electrons. The number of benzodiazepines with no additional fused rings is 1. The summed E-state index contributed by atoms with van der Waals surface area (Å²) in [6, 6.07) is 9.92. The molecule has 1 atom stereocenters. The molecule has 0 saturated heterocycles. The zero-order chi connectivity index (χ0) is 15.9. The Morgan fingerprint density at radius 1 is 1.27 bits per heavy atom. The fourth-order valence-electron chi connectivity index (χ4n) is 2.30. The third-order valence-corrected chi connectivity index (χ3v) is 5.15. The molecule has 0 saturated carbocycles. The molecule has 1 heterocycles. The molecule has 0 fully saturated rings. The standard InChI is InChI=1S/C16H11BrClFN2S/c1-8-16(22)21-12-7-6-10(17)14(18)13(12)15(20-8)9-4-2-3-5-11(9)19/h2-8H,1H3,(H,21,22). The molecule has 1 aliphatic heterocycles. The molecule has 0 aliphatic carbocycles. The van der Waals surface area contributed by atoms with Crippen molar-refractivity contribution in [2.24, 2.45) is 4.99 Å². The van der Waals surface area contributed by atoms with Crippen molar-refractivity contribution in [3.05, 3.63) is 62.8 Å². The number of rotatable bonds is 1. The highest BCUT2D eigenvalue weighted by Gasteiger charge is 2.25. The number of anilines is 1. The SMILES string of the molecule is CC1N=C(c2ccccc2F)c2c(ccc(Br)c2Cl)NC1=S. The summed E-state index contributed by atoms with van der Waals surface area (Å²) < 4.78 is 15.0. The van der Waals surface area contributed by atoms with Crippen molar-refractivity contribution in [2.45, 2.75) is 13.0 Å². The van der Waals surface area contributed by atoms with Gasteiger partial charge in [0.2, 0.25) is 0 Å². The van der Waals surface area contributed by atoms with Gasteiger partial charge in [0.05, 0.1) is 16.8 Å². The van der Waals surface area contributed by atoms with E-state index in [4.69, 9.17) is 23.8 Å². The average molecular weight is 398 g/mol. The summed E-state index contributed by atoms with van der Waals surface area (Å²) in [5.74, 6) is -0.344. The minimum Gasteiger partial charge on any atom is -0.348 e. The Morgan fingerprint density at radius 2 is 2.00 bits per heavy atom. The van der Waals surface area contributed by atoms with Crippen molar-refractivity contribution in [1.29, 1.82) is 0 Å². The average Bonchev–Trinajstić information content (AvgIpc) is 2.61. The summed E-state index contributed by atoms with van der Waals surface area (Å²) in [7, 11) is 0. The van der Waals surface area contributed by atoms with Crippen molar-refractivity contribution < 1.29 is 4.39 Å². The molecule has 0 aromatic heterocycles. The molecule has 2 nitrogen and oxygen atoms in total. The zero-order valence-electron chi connectivity index (χ0n) is 11.5. The highest BCUT2D eigenvalue weighted by Crippen LogP contribution is 2.36. The van der Waals surface area contributed by atoms with Crippen LogP contribution in [0.15, 0.2) is 45.9 Å². The van der Waals surface area contributed by atoms with Crippen LogP contribution in [0.5, 0.6) is 0 Å². The number of fused-ring (bicyclic) bond motifs is 1. The minimum absolute atomic E-state index is 0.271. The Bertz CT molecular complexity index is 807. The predicted molar refractivity (Wildman–Crippen MR) is 96.9 cm³/mol. The fraction of sp³-hybridized carbons (Fsp3) is 0.125. The predicted octanol–water partition coefficient (Wildman–Crippen LogP) is 5.22. The third-order valence-electron chi connectivity index (χ3n) is 3.42. The first-order valence-corrected chi connectivity index (χ1v) is 8.19. The lowest BCUT2D eigenvalue weighted by Crippen LogP contribution is -2.20. The van der Waals surface area contributed by atoms with Crippen LogP contribution < -0.4 is 5.32 Å². The number of aliphatic imine (C=N–C) groups is 1. The highest BCUT2D eigenvalue weighted by molar-refractivity contribution is 9.10. The largest absolute Gasteiger partial charge is 0.348 e. The monoisotopic (exact) mass is 396 g/mol. The lowest BCUT2D eigenvalue weighted by molar-refractivity contribution is 0.625. The van der Waals surface area contributed by atoms with Crippen molar-refractivity contribution >= 4 is 56.1 Å². The molecule has 112 valence electrons. The quantitative estimate of drug-likeness (QED) is 0.667. The Labute approximate surface area is 146 Å². The third kappa shape index (κ3) is 2.69. The fourth-order valence-corrected chi connectivity index (χ4v) is 3.05. The Morgan fingerprint density at radius 3 is 2.73 bits per heavy atom. The van der Waals surface area contributed by atoms with Crippen LogP contribution in [-0.2, 0) is 0 Å². The Balaban J connectivity index is 2.33. The van der Waals surface area contributed by atoms with Crippen molar-refractivity contribution in [1.82, 2.24) is 0 Å². The molecule has 1 unspecified atom stereocenters. The van der Waals surface area contributed by atoms with Crippen molar-refractivity contribution in [2.75, 3.05) is 5.32 Å². The van der Waals surface area contributed by atoms with Crippen LogP contribution in [0.4, 0.5) is 10.1 Å². The number of thiocarbonyl (C=S) groups is 1. The summed E-state index contributed by atoms with van der Waals surface area (Å²) in [5.41, 5.74) is 2.28. The van der Waals surface area contributed by atoms with Crippen LogP contribution in [0.2, 0.25) is 5.02 Å². The van der Waals surface area contributed by atoms with E-state index in [1.165, 1.54) is 6.07 Å². The molecule has 2 aromatic carbocycles. The first-order valence-electron chi connectivity index (χ1n) is 6.61. The molecule has 22 heavy (non-hydrogen) atoms. The number of benzene rings is 2. The molecule has 0 spiro atoms. The number of nitrogens with zero attached hydrogens (tertiary/aromatic N) is 1. The normalized spacial score (nSPS) is 17.4. The smallest absolute Gasteiger partial charge is 0.132 e. The Hall–Kier alpha value is -1.30. The first kappa shape index (κ1) is 15.6. The van der Waals surface area contributed by atoms with Gasteiger partial charge in [-0.25, -0.2) is 4.39 Å². The lowest BCUT2D eigenvalue weighted by atomic mass is 10.00. The topological polar surface area (TPSA) is 24.4 Å². The van der Waals surface area contributed by atoms with Gasteiger partial charge in [-0.1, -0.05) is 36.0 Å². The number of halogens is 3. The zero-order valence-corrected chi connectivity index (χ0v) is 14.7. The molecule has 1 N–H and O–H groups in total. The van der Waals surface area contributed by atoms with Crippen LogP contribution in [0.1, 0.15) is 18.1 Å². The van der Waals surface area contributed by atoms with Crippen LogP contribution in [0.3, 0.4) is 0 Å². The highest BCUT2D eigenvalue weighted by atomic mass is 79.9. The van der Waals surface area contributed by atoms with Crippen LogP contribution in [0.25, 0.3) is 0 Å².